The summed E-state index contributed by atoms with van der Waals surface area (Å²) in [5.41, 5.74) is 1.19. The van der Waals surface area contributed by atoms with E-state index in [9.17, 15) is 4.79 Å². The molecule has 0 saturated carbocycles. The van der Waals surface area contributed by atoms with Crippen LogP contribution in [0.25, 0.3) is 4.91 Å². The fourth-order valence-corrected chi connectivity index (χ4v) is 3.29. The molecule has 82 valence electrons. The lowest BCUT2D eigenvalue weighted by atomic mass is 10.1. The van der Waals surface area contributed by atoms with E-state index in [0.717, 1.165) is 0 Å². The van der Waals surface area contributed by atoms with Crippen molar-refractivity contribution >= 4 is 22.6 Å². The SMILES string of the molecule is O=C1NCNC2C=C(c3ccccc3)SC12. The molecule has 1 aromatic carbocycles. The van der Waals surface area contributed by atoms with Gasteiger partial charge in [-0.1, -0.05) is 36.4 Å². The highest BCUT2D eigenvalue weighted by atomic mass is 32.2. The van der Waals surface area contributed by atoms with Crippen LogP contribution in [0.5, 0.6) is 0 Å². The lowest BCUT2D eigenvalue weighted by Crippen LogP contribution is -2.54. The smallest absolute Gasteiger partial charge is 0.236 e. The van der Waals surface area contributed by atoms with Crippen molar-refractivity contribution in [2.45, 2.75) is 11.3 Å². The zero-order valence-corrected chi connectivity index (χ0v) is 9.46. The van der Waals surface area contributed by atoms with Gasteiger partial charge in [-0.3, -0.25) is 10.1 Å². The highest BCUT2D eigenvalue weighted by Crippen LogP contribution is 2.39. The molecule has 0 bridgehead atoms. The first kappa shape index (κ1) is 9.93. The van der Waals surface area contributed by atoms with Crippen molar-refractivity contribution in [2.75, 3.05) is 6.67 Å². The van der Waals surface area contributed by atoms with Crippen LogP contribution >= 0.6 is 11.8 Å². The largest absolute Gasteiger partial charge is 0.342 e. The van der Waals surface area contributed by atoms with Gasteiger partial charge in [-0.2, -0.15) is 0 Å². The maximum Gasteiger partial charge on any atom is 0.236 e. The van der Waals surface area contributed by atoms with Crippen LogP contribution in [0.15, 0.2) is 36.4 Å². The monoisotopic (exact) mass is 232 g/mol. The summed E-state index contributed by atoms with van der Waals surface area (Å²) >= 11 is 1.64. The summed E-state index contributed by atoms with van der Waals surface area (Å²) in [7, 11) is 0. The first-order valence-corrected chi connectivity index (χ1v) is 6.17. The summed E-state index contributed by atoms with van der Waals surface area (Å²) < 4.78 is 0. The van der Waals surface area contributed by atoms with Gasteiger partial charge in [-0.05, 0) is 5.56 Å². The highest BCUT2D eigenvalue weighted by Gasteiger charge is 2.36. The molecule has 0 aromatic heterocycles. The number of hydrogen-bond donors (Lipinski definition) is 2. The molecule has 2 unspecified atom stereocenters. The lowest BCUT2D eigenvalue weighted by Gasteiger charge is -2.25. The number of carbonyl (C=O) groups is 1. The van der Waals surface area contributed by atoms with Crippen LogP contribution in [0.4, 0.5) is 0 Å². The quantitative estimate of drug-likeness (QED) is 0.764. The average Bonchev–Trinajstić information content (AvgIpc) is 2.76. The van der Waals surface area contributed by atoms with Gasteiger partial charge in [0.1, 0.15) is 5.25 Å². The van der Waals surface area contributed by atoms with Crippen molar-refractivity contribution in [3.05, 3.63) is 42.0 Å². The van der Waals surface area contributed by atoms with Gasteiger partial charge in [0.2, 0.25) is 5.91 Å². The van der Waals surface area contributed by atoms with Gasteiger partial charge < -0.3 is 5.32 Å². The topological polar surface area (TPSA) is 41.1 Å². The summed E-state index contributed by atoms with van der Waals surface area (Å²) in [6.45, 7) is 0.569. The van der Waals surface area contributed by atoms with Crippen molar-refractivity contribution in [3.8, 4) is 0 Å². The predicted octanol–water partition coefficient (Wildman–Crippen LogP) is 1.19. The molecule has 1 fully saturated rings. The number of nitrogens with one attached hydrogen (secondary N) is 2. The van der Waals surface area contributed by atoms with E-state index >= 15 is 0 Å². The van der Waals surface area contributed by atoms with Crippen molar-refractivity contribution in [2.24, 2.45) is 0 Å². The number of benzene rings is 1. The van der Waals surface area contributed by atoms with Gasteiger partial charge in [0, 0.05) is 10.9 Å². The van der Waals surface area contributed by atoms with Gasteiger partial charge in [0.15, 0.2) is 0 Å². The zero-order chi connectivity index (χ0) is 11.0. The third-order valence-corrected chi connectivity index (χ3v) is 4.22. The molecule has 0 aliphatic carbocycles. The Balaban J connectivity index is 1.87. The molecule has 16 heavy (non-hydrogen) atoms. The molecule has 2 aliphatic heterocycles. The molecule has 4 heteroatoms. The molecule has 3 rings (SSSR count). The summed E-state index contributed by atoms with van der Waals surface area (Å²) in [4.78, 5) is 12.8. The maximum atomic E-state index is 11.6. The van der Waals surface area contributed by atoms with E-state index in [1.54, 1.807) is 11.8 Å². The maximum absolute atomic E-state index is 11.6. The molecule has 1 amide bonds. The number of amides is 1. The van der Waals surface area contributed by atoms with Crippen LogP contribution in [0, 0.1) is 0 Å². The van der Waals surface area contributed by atoms with Crippen LogP contribution in [0.3, 0.4) is 0 Å². The standard InChI is InChI=1S/C12H12N2OS/c15-12-11-9(13-7-14-12)6-10(16-11)8-4-2-1-3-5-8/h1-6,9,11,13H,7H2,(H,14,15). The van der Waals surface area contributed by atoms with Crippen LogP contribution in [-0.4, -0.2) is 23.9 Å². The Morgan fingerprint density at radius 2 is 2.06 bits per heavy atom. The normalized spacial score (nSPS) is 28.2. The lowest BCUT2D eigenvalue weighted by molar-refractivity contribution is -0.122. The third-order valence-electron chi connectivity index (χ3n) is 2.83. The third kappa shape index (κ3) is 1.64. The van der Waals surface area contributed by atoms with Gasteiger partial charge in [-0.15, -0.1) is 11.8 Å². The number of fused-ring (bicyclic) bond motifs is 1. The number of carbonyl (C=O) groups excluding carboxylic acids is 1. The molecule has 2 N–H and O–H groups in total. The first-order valence-electron chi connectivity index (χ1n) is 5.29. The van der Waals surface area contributed by atoms with Crippen molar-refractivity contribution in [3.63, 3.8) is 0 Å². The fourth-order valence-electron chi connectivity index (χ4n) is 2.01. The molecule has 0 radical (unpaired) electrons. The first-order chi connectivity index (χ1) is 7.84. The minimum absolute atomic E-state index is 0.0102. The Morgan fingerprint density at radius 1 is 1.25 bits per heavy atom. The van der Waals surface area contributed by atoms with Crippen LogP contribution in [0.2, 0.25) is 0 Å². The summed E-state index contributed by atoms with van der Waals surface area (Å²) in [5.74, 6) is 0.135. The van der Waals surface area contributed by atoms with Gasteiger partial charge in [-0.25, -0.2) is 0 Å². The van der Waals surface area contributed by atoms with Gasteiger partial charge in [0.25, 0.3) is 0 Å². The molecule has 3 nitrogen and oxygen atoms in total. The highest BCUT2D eigenvalue weighted by molar-refractivity contribution is 8.09. The second-order valence-corrected chi connectivity index (χ2v) is 5.07. The Morgan fingerprint density at radius 3 is 2.81 bits per heavy atom. The van der Waals surface area contributed by atoms with E-state index in [1.165, 1.54) is 10.5 Å². The minimum atomic E-state index is -0.0102. The van der Waals surface area contributed by atoms with Crippen LogP contribution in [0.1, 0.15) is 5.56 Å². The number of thioether (sulfide) groups is 1. The van der Waals surface area contributed by atoms with E-state index < -0.39 is 0 Å². The predicted molar refractivity (Wildman–Crippen MR) is 65.7 cm³/mol. The number of hydrogen-bond acceptors (Lipinski definition) is 3. The summed E-state index contributed by atoms with van der Waals surface area (Å²) in [6.07, 6.45) is 2.16. The van der Waals surface area contributed by atoms with E-state index in [4.69, 9.17) is 0 Å². The molecule has 2 aliphatic rings. The molecular formula is C12H12N2OS. The molecule has 0 spiro atoms. The molecule has 2 atom stereocenters. The molecule has 1 saturated heterocycles. The van der Waals surface area contributed by atoms with E-state index in [-0.39, 0.29) is 17.2 Å². The molecular weight excluding hydrogens is 220 g/mol. The summed E-state index contributed by atoms with van der Waals surface area (Å²) in [6, 6.07) is 10.4. The Bertz CT molecular complexity index is 444. The second-order valence-electron chi connectivity index (χ2n) is 3.88. The molecule has 2 heterocycles. The van der Waals surface area contributed by atoms with E-state index in [0.29, 0.717) is 6.67 Å². The second kappa shape index (κ2) is 3.96. The Labute approximate surface area is 98.3 Å². The minimum Gasteiger partial charge on any atom is -0.342 e. The Hall–Kier alpha value is -1.26. The van der Waals surface area contributed by atoms with Crippen molar-refractivity contribution in [1.29, 1.82) is 0 Å². The zero-order valence-electron chi connectivity index (χ0n) is 8.64. The van der Waals surface area contributed by atoms with Crippen molar-refractivity contribution < 1.29 is 4.79 Å². The average molecular weight is 232 g/mol. The van der Waals surface area contributed by atoms with E-state index in [1.807, 2.05) is 18.2 Å². The van der Waals surface area contributed by atoms with Gasteiger partial charge >= 0.3 is 0 Å². The Kier molecular flexibility index (Phi) is 2.46. The molecule has 1 aromatic rings. The van der Waals surface area contributed by atoms with Crippen LogP contribution < -0.4 is 10.6 Å². The van der Waals surface area contributed by atoms with E-state index in [2.05, 4.69) is 28.8 Å². The van der Waals surface area contributed by atoms with Crippen LogP contribution in [-0.2, 0) is 4.79 Å². The van der Waals surface area contributed by atoms with Gasteiger partial charge in [0.05, 0.1) is 6.67 Å². The van der Waals surface area contributed by atoms with Crippen molar-refractivity contribution in [1.82, 2.24) is 10.6 Å². The fraction of sp³-hybridized carbons (Fsp3) is 0.250. The summed E-state index contributed by atoms with van der Waals surface area (Å²) in [5, 5.41) is 6.09. The number of rotatable bonds is 1.